The van der Waals surface area contributed by atoms with Gasteiger partial charge in [0.2, 0.25) is 17.7 Å². The molecule has 3 aromatic rings. The van der Waals surface area contributed by atoms with E-state index in [1.165, 1.54) is 24.1 Å². The number of unbranched alkanes of at least 4 members (excludes halogenated alkanes) is 2. The van der Waals surface area contributed by atoms with E-state index in [0.717, 1.165) is 32.1 Å². The van der Waals surface area contributed by atoms with Crippen molar-refractivity contribution in [1.82, 2.24) is 10.3 Å². The third kappa shape index (κ3) is 6.79. The molecule has 0 saturated heterocycles. The van der Waals surface area contributed by atoms with E-state index in [1.807, 2.05) is 0 Å². The standard InChI is InChI=1S/C31H35FN4O6S/c1-40-26-16-21-23(17-27(26)41-14-4-2-3-12-35-28(37)18-43)34-13-9-24(21)42-25-8-7-20(15-22(25)32)36(19-5-6-19)30(39)31(10-11-31)29(33)38/h7-9,13,15-17,19,43H,2-6,10-12,14,18H2,1H3,(H2,33,38)(H,35,37). The van der Waals surface area contributed by atoms with Gasteiger partial charge in [-0.2, -0.15) is 12.6 Å². The second-order valence-electron chi connectivity index (χ2n) is 10.8. The van der Waals surface area contributed by atoms with Crippen LogP contribution in [0.1, 0.15) is 44.9 Å². The molecule has 0 atom stereocenters. The highest BCUT2D eigenvalue weighted by Crippen LogP contribution is 2.49. The van der Waals surface area contributed by atoms with Crippen molar-refractivity contribution in [2.75, 3.05) is 30.9 Å². The molecule has 0 spiro atoms. The molecule has 2 aromatic carbocycles. The zero-order valence-corrected chi connectivity index (χ0v) is 24.8. The fourth-order valence-corrected chi connectivity index (χ4v) is 5.06. The number of primary amides is 1. The number of amides is 3. The van der Waals surface area contributed by atoms with Crippen LogP contribution in [0.4, 0.5) is 10.1 Å². The molecule has 1 heterocycles. The van der Waals surface area contributed by atoms with E-state index in [4.69, 9.17) is 19.9 Å². The van der Waals surface area contributed by atoms with Gasteiger partial charge < -0.3 is 30.2 Å². The Morgan fingerprint density at radius 1 is 1.07 bits per heavy atom. The summed E-state index contributed by atoms with van der Waals surface area (Å²) in [7, 11) is 1.53. The molecule has 228 valence electrons. The third-order valence-corrected chi connectivity index (χ3v) is 7.99. The number of carbonyl (C=O) groups excluding carboxylic acids is 3. The second-order valence-corrected chi connectivity index (χ2v) is 11.1. The topological polar surface area (TPSA) is 133 Å². The lowest BCUT2D eigenvalue weighted by Crippen LogP contribution is -2.44. The number of thiol groups is 1. The fourth-order valence-electron chi connectivity index (χ4n) is 4.95. The predicted molar refractivity (Wildman–Crippen MR) is 162 cm³/mol. The first kappa shape index (κ1) is 30.4. The van der Waals surface area contributed by atoms with E-state index in [9.17, 15) is 14.4 Å². The number of ether oxygens (including phenoxy) is 3. The fraction of sp³-hybridized carbons (Fsp3) is 0.419. The number of nitrogens with zero attached hydrogens (tertiary/aromatic N) is 2. The molecule has 2 aliphatic carbocycles. The summed E-state index contributed by atoms with van der Waals surface area (Å²) in [6, 6.07) is 9.39. The largest absolute Gasteiger partial charge is 0.493 e. The first-order valence-corrected chi connectivity index (χ1v) is 15.0. The molecular formula is C31H35FN4O6S. The smallest absolute Gasteiger partial charge is 0.242 e. The molecule has 0 radical (unpaired) electrons. The number of hydrogen-bond donors (Lipinski definition) is 3. The molecule has 2 fully saturated rings. The molecule has 2 aliphatic rings. The van der Waals surface area contributed by atoms with Crippen LogP contribution in [0.15, 0.2) is 42.6 Å². The van der Waals surface area contributed by atoms with Crippen molar-refractivity contribution in [3.63, 3.8) is 0 Å². The molecule has 0 bridgehead atoms. The molecular weight excluding hydrogens is 575 g/mol. The van der Waals surface area contributed by atoms with E-state index in [-0.39, 0.29) is 29.4 Å². The molecule has 0 unspecified atom stereocenters. The normalized spacial score (nSPS) is 15.0. The first-order valence-electron chi connectivity index (χ1n) is 14.4. The van der Waals surface area contributed by atoms with Gasteiger partial charge in [0, 0.05) is 42.0 Å². The number of anilines is 1. The number of benzene rings is 2. The minimum atomic E-state index is -1.18. The van der Waals surface area contributed by atoms with Crippen LogP contribution in [-0.4, -0.2) is 54.8 Å². The average molecular weight is 611 g/mol. The van der Waals surface area contributed by atoms with Crippen LogP contribution in [0, 0.1) is 11.2 Å². The van der Waals surface area contributed by atoms with E-state index < -0.39 is 17.1 Å². The summed E-state index contributed by atoms with van der Waals surface area (Å²) in [6.45, 7) is 1.05. The van der Waals surface area contributed by atoms with Gasteiger partial charge in [-0.05, 0) is 69.2 Å². The number of aromatic nitrogens is 1. The minimum Gasteiger partial charge on any atom is -0.493 e. The lowest BCUT2D eigenvalue weighted by atomic mass is 10.0. The highest BCUT2D eigenvalue weighted by Gasteiger charge is 2.58. The van der Waals surface area contributed by atoms with Gasteiger partial charge in [-0.3, -0.25) is 19.4 Å². The maximum atomic E-state index is 15.4. The molecule has 5 rings (SSSR count). The molecule has 3 amide bonds. The van der Waals surface area contributed by atoms with Crippen molar-refractivity contribution >= 4 is 46.9 Å². The molecule has 12 heteroatoms. The highest BCUT2D eigenvalue weighted by atomic mass is 32.1. The number of hydrogen-bond acceptors (Lipinski definition) is 8. The van der Waals surface area contributed by atoms with Gasteiger partial charge in [0.05, 0.1) is 25.0 Å². The van der Waals surface area contributed by atoms with Crippen LogP contribution in [-0.2, 0) is 14.4 Å². The van der Waals surface area contributed by atoms with E-state index in [1.54, 1.807) is 30.5 Å². The first-order chi connectivity index (χ1) is 20.8. The maximum Gasteiger partial charge on any atom is 0.242 e. The maximum absolute atomic E-state index is 15.4. The van der Waals surface area contributed by atoms with Crippen LogP contribution >= 0.6 is 12.6 Å². The summed E-state index contributed by atoms with van der Waals surface area (Å²) in [6.07, 6.45) is 6.46. The second kappa shape index (κ2) is 13.1. The van der Waals surface area contributed by atoms with Gasteiger partial charge in [-0.15, -0.1) is 0 Å². The summed E-state index contributed by atoms with van der Waals surface area (Å²) in [5.41, 5.74) is 5.29. The van der Waals surface area contributed by atoms with Gasteiger partial charge in [-0.25, -0.2) is 4.39 Å². The molecule has 43 heavy (non-hydrogen) atoms. The number of nitrogens with one attached hydrogen (secondary N) is 1. The van der Waals surface area contributed by atoms with Crippen LogP contribution < -0.4 is 30.2 Å². The Labute approximate surface area is 254 Å². The number of halogens is 1. The van der Waals surface area contributed by atoms with Gasteiger partial charge in [0.1, 0.15) is 11.2 Å². The number of nitrogens with two attached hydrogens (primary N) is 1. The summed E-state index contributed by atoms with van der Waals surface area (Å²) in [5.74, 6) is -0.225. The summed E-state index contributed by atoms with van der Waals surface area (Å²) >= 11 is 3.94. The van der Waals surface area contributed by atoms with Gasteiger partial charge in [-0.1, -0.05) is 0 Å². The Bertz CT molecular complexity index is 1530. The lowest BCUT2D eigenvalue weighted by molar-refractivity contribution is -0.133. The average Bonchev–Trinajstić information content (AvgIpc) is 3.93. The number of pyridine rings is 1. The van der Waals surface area contributed by atoms with Crippen LogP contribution in [0.5, 0.6) is 23.0 Å². The highest BCUT2D eigenvalue weighted by molar-refractivity contribution is 7.81. The van der Waals surface area contributed by atoms with Crippen LogP contribution in [0.25, 0.3) is 10.9 Å². The van der Waals surface area contributed by atoms with Crippen molar-refractivity contribution < 1.29 is 33.0 Å². The molecule has 3 N–H and O–H groups in total. The van der Waals surface area contributed by atoms with E-state index >= 15 is 4.39 Å². The zero-order valence-electron chi connectivity index (χ0n) is 23.9. The van der Waals surface area contributed by atoms with Crippen molar-refractivity contribution in [2.45, 2.75) is 51.0 Å². The molecule has 1 aromatic heterocycles. The zero-order chi connectivity index (χ0) is 30.6. The third-order valence-electron chi connectivity index (χ3n) is 7.71. The Morgan fingerprint density at radius 3 is 2.51 bits per heavy atom. The van der Waals surface area contributed by atoms with Gasteiger partial charge >= 0.3 is 0 Å². The van der Waals surface area contributed by atoms with E-state index in [0.29, 0.717) is 59.8 Å². The predicted octanol–water partition coefficient (Wildman–Crippen LogP) is 4.53. The van der Waals surface area contributed by atoms with Gasteiger partial charge in [0.15, 0.2) is 23.1 Å². The van der Waals surface area contributed by atoms with E-state index in [2.05, 4.69) is 22.9 Å². The summed E-state index contributed by atoms with van der Waals surface area (Å²) < 4.78 is 32.9. The van der Waals surface area contributed by atoms with Gasteiger partial charge in [0.25, 0.3) is 0 Å². The Morgan fingerprint density at radius 2 is 1.86 bits per heavy atom. The minimum absolute atomic E-state index is 0.0275. The van der Waals surface area contributed by atoms with Crippen molar-refractivity contribution in [3.8, 4) is 23.0 Å². The summed E-state index contributed by atoms with van der Waals surface area (Å²) in [5, 5.41) is 3.38. The SMILES string of the molecule is COc1cc2c(Oc3ccc(N(C(=O)C4(C(N)=O)CC4)C4CC4)cc3F)ccnc2cc1OCCCCCNC(=O)CS. The quantitative estimate of drug-likeness (QED) is 0.131. The van der Waals surface area contributed by atoms with Crippen LogP contribution in [0.3, 0.4) is 0 Å². The number of fused-ring (bicyclic) bond motifs is 1. The number of rotatable bonds is 15. The Balaban J connectivity index is 1.28. The Kier molecular flexibility index (Phi) is 9.24. The number of carbonyl (C=O) groups is 3. The van der Waals surface area contributed by atoms with Crippen LogP contribution in [0.2, 0.25) is 0 Å². The molecule has 2 saturated carbocycles. The van der Waals surface area contributed by atoms with Crippen molar-refractivity contribution in [3.05, 3.63) is 48.4 Å². The van der Waals surface area contributed by atoms with Crippen molar-refractivity contribution in [1.29, 1.82) is 0 Å². The lowest BCUT2D eigenvalue weighted by Gasteiger charge is -2.26. The van der Waals surface area contributed by atoms with Crippen molar-refractivity contribution in [2.24, 2.45) is 11.1 Å². The molecule has 10 nitrogen and oxygen atoms in total. The monoisotopic (exact) mass is 610 g/mol. The molecule has 0 aliphatic heterocycles. The number of methoxy groups -OCH3 is 1. The summed E-state index contributed by atoms with van der Waals surface area (Å²) in [4.78, 5) is 42.4. The Hall–Kier alpha value is -4.06.